The predicted molar refractivity (Wildman–Crippen MR) is 127 cm³/mol. The molecule has 0 bridgehead atoms. The van der Waals surface area contributed by atoms with Crippen LogP contribution in [-0.2, 0) is 4.74 Å². The van der Waals surface area contributed by atoms with E-state index in [-0.39, 0.29) is 18.0 Å². The Kier molecular flexibility index (Phi) is 8.61. The van der Waals surface area contributed by atoms with Crippen LogP contribution >= 0.6 is 15.9 Å². The van der Waals surface area contributed by atoms with E-state index in [1.807, 2.05) is 4.90 Å². The number of piperidine rings is 1. The van der Waals surface area contributed by atoms with Crippen LogP contribution in [0.15, 0.2) is 16.6 Å². The molecule has 32 heavy (non-hydrogen) atoms. The summed E-state index contributed by atoms with van der Waals surface area (Å²) in [5.74, 6) is 0.792. The van der Waals surface area contributed by atoms with E-state index in [0.29, 0.717) is 40.5 Å². The summed E-state index contributed by atoms with van der Waals surface area (Å²) in [6, 6.07) is 3.40. The summed E-state index contributed by atoms with van der Waals surface area (Å²) in [7, 11) is 5.11. The average molecular weight is 512 g/mol. The van der Waals surface area contributed by atoms with Crippen molar-refractivity contribution >= 4 is 33.6 Å². The molecule has 178 valence electrons. The second-order valence-corrected chi connectivity index (χ2v) is 9.50. The number of carbonyl (C=O) groups excluding carboxylic acids is 2. The maximum atomic E-state index is 12.7. The SMILES string of the molecule is COc1cc(N)c(Br)cc1C(=O)NCC1CN(CC2CCN(C(=O)N(C)C)CC2)CCO1. The van der Waals surface area contributed by atoms with E-state index in [9.17, 15) is 9.59 Å². The van der Waals surface area contributed by atoms with Crippen LogP contribution in [-0.4, -0.2) is 99.8 Å². The smallest absolute Gasteiger partial charge is 0.319 e. The van der Waals surface area contributed by atoms with Crippen molar-refractivity contribution in [2.24, 2.45) is 5.92 Å². The minimum atomic E-state index is -0.221. The number of anilines is 1. The van der Waals surface area contributed by atoms with Gasteiger partial charge < -0.3 is 30.3 Å². The number of hydrogen-bond acceptors (Lipinski definition) is 6. The fourth-order valence-corrected chi connectivity index (χ4v) is 4.59. The van der Waals surface area contributed by atoms with Crippen LogP contribution in [0.3, 0.4) is 0 Å². The number of halogens is 1. The number of nitrogens with zero attached hydrogens (tertiary/aromatic N) is 3. The maximum absolute atomic E-state index is 12.7. The lowest BCUT2D eigenvalue weighted by molar-refractivity contribution is -0.0331. The van der Waals surface area contributed by atoms with Crippen LogP contribution in [0.1, 0.15) is 23.2 Å². The molecule has 1 aromatic rings. The number of morpholine rings is 1. The summed E-state index contributed by atoms with van der Waals surface area (Å²) >= 11 is 3.36. The van der Waals surface area contributed by atoms with Gasteiger partial charge in [-0.3, -0.25) is 9.69 Å². The van der Waals surface area contributed by atoms with Gasteiger partial charge in [0.05, 0.1) is 25.4 Å². The Bertz CT molecular complexity index is 814. The molecule has 1 atom stereocenters. The number of methoxy groups -OCH3 is 1. The van der Waals surface area contributed by atoms with Gasteiger partial charge in [0.25, 0.3) is 5.91 Å². The standard InChI is InChI=1S/C22H34BrN5O4/c1-26(2)22(30)28-6-4-15(5-7-28)13-27-8-9-32-16(14-27)12-25-21(29)17-10-18(23)19(24)11-20(17)31-3/h10-11,15-16H,4-9,12-14,24H2,1-3H3,(H,25,29). The van der Waals surface area contributed by atoms with E-state index < -0.39 is 0 Å². The van der Waals surface area contributed by atoms with E-state index in [1.165, 1.54) is 7.11 Å². The second-order valence-electron chi connectivity index (χ2n) is 8.64. The van der Waals surface area contributed by atoms with Gasteiger partial charge in [0.2, 0.25) is 0 Å². The van der Waals surface area contributed by atoms with E-state index in [2.05, 4.69) is 26.1 Å². The maximum Gasteiger partial charge on any atom is 0.319 e. The molecule has 0 aromatic heterocycles. The van der Waals surface area contributed by atoms with Crippen LogP contribution in [0.5, 0.6) is 5.75 Å². The summed E-state index contributed by atoms with van der Waals surface area (Å²) in [4.78, 5) is 30.8. The fraction of sp³-hybridized carbons (Fsp3) is 0.636. The third kappa shape index (κ3) is 6.26. The Labute approximate surface area is 198 Å². The zero-order valence-corrected chi connectivity index (χ0v) is 20.7. The molecule has 0 spiro atoms. The van der Waals surface area contributed by atoms with Crippen molar-refractivity contribution < 1.29 is 19.1 Å². The van der Waals surface area contributed by atoms with Gasteiger partial charge in [-0.25, -0.2) is 4.79 Å². The summed E-state index contributed by atoms with van der Waals surface area (Å²) in [5, 5.41) is 2.96. The van der Waals surface area contributed by atoms with Crippen LogP contribution in [0.4, 0.5) is 10.5 Å². The van der Waals surface area contributed by atoms with Gasteiger partial charge in [-0.15, -0.1) is 0 Å². The lowest BCUT2D eigenvalue weighted by Crippen LogP contribution is -2.50. The van der Waals surface area contributed by atoms with Gasteiger partial charge in [0.15, 0.2) is 0 Å². The number of urea groups is 1. The number of ether oxygens (including phenoxy) is 2. The Morgan fingerprint density at radius 1 is 1.28 bits per heavy atom. The molecule has 2 aliphatic rings. The van der Waals surface area contributed by atoms with Gasteiger partial charge in [0, 0.05) is 69.6 Å². The van der Waals surface area contributed by atoms with Crippen molar-refractivity contribution in [3.8, 4) is 5.75 Å². The van der Waals surface area contributed by atoms with E-state index in [0.717, 1.165) is 45.6 Å². The Morgan fingerprint density at radius 2 is 2.00 bits per heavy atom. The normalized spacial score (nSPS) is 20.1. The van der Waals surface area contributed by atoms with Crippen LogP contribution in [0.25, 0.3) is 0 Å². The second kappa shape index (κ2) is 11.2. The molecule has 0 aliphatic carbocycles. The first-order chi connectivity index (χ1) is 15.3. The molecule has 2 fully saturated rings. The zero-order chi connectivity index (χ0) is 23.3. The summed E-state index contributed by atoms with van der Waals surface area (Å²) in [6.45, 7) is 5.36. The van der Waals surface area contributed by atoms with Gasteiger partial charge in [-0.2, -0.15) is 0 Å². The molecule has 3 rings (SSSR count). The van der Waals surface area contributed by atoms with Crippen molar-refractivity contribution in [1.29, 1.82) is 0 Å². The first kappa shape index (κ1) is 24.6. The number of likely N-dealkylation sites (tertiary alicyclic amines) is 1. The van der Waals surface area contributed by atoms with Crippen molar-refractivity contribution in [2.75, 3.05) is 72.8 Å². The monoisotopic (exact) mass is 511 g/mol. The molecule has 1 unspecified atom stereocenters. The summed E-state index contributed by atoms with van der Waals surface area (Å²) in [5.41, 5.74) is 6.82. The predicted octanol–water partition coefficient (Wildman–Crippen LogP) is 1.86. The lowest BCUT2D eigenvalue weighted by Gasteiger charge is -2.38. The molecule has 2 aliphatic heterocycles. The Balaban J connectivity index is 1.46. The molecular formula is C22H34BrN5O4. The van der Waals surface area contributed by atoms with Crippen molar-refractivity contribution in [3.05, 3.63) is 22.2 Å². The van der Waals surface area contributed by atoms with Crippen LogP contribution in [0.2, 0.25) is 0 Å². The van der Waals surface area contributed by atoms with Gasteiger partial charge in [-0.05, 0) is 40.8 Å². The summed E-state index contributed by atoms with van der Waals surface area (Å²) < 4.78 is 11.8. The van der Waals surface area contributed by atoms with Gasteiger partial charge in [0.1, 0.15) is 5.75 Å². The first-order valence-corrected chi connectivity index (χ1v) is 11.8. The van der Waals surface area contributed by atoms with E-state index in [4.69, 9.17) is 15.2 Å². The average Bonchev–Trinajstić information content (AvgIpc) is 2.79. The molecule has 0 saturated carbocycles. The third-order valence-electron chi connectivity index (χ3n) is 6.06. The molecular weight excluding hydrogens is 478 g/mol. The topological polar surface area (TPSA) is 100 Å². The number of rotatable bonds is 6. The minimum Gasteiger partial charge on any atom is -0.496 e. The third-order valence-corrected chi connectivity index (χ3v) is 6.75. The van der Waals surface area contributed by atoms with Gasteiger partial charge >= 0.3 is 6.03 Å². The molecule has 3 N–H and O–H groups in total. The first-order valence-electron chi connectivity index (χ1n) is 11.0. The number of nitrogens with two attached hydrogens (primary N) is 1. The number of nitrogen functional groups attached to an aromatic ring is 1. The molecule has 3 amide bonds. The summed E-state index contributed by atoms with van der Waals surface area (Å²) in [6.07, 6.45) is 1.97. The van der Waals surface area contributed by atoms with Crippen LogP contribution in [0, 0.1) is 5.92 Å². The quantitative estimate of drug-likeness (QED) is 0.565. The highest BCUT2D eigenvalue weighted by molar-refractivity contribution is 9.10. The van der Waals surface area contributed by atoms with E-state index >= 15 is 0 Å². The highest BCUT2D eigenvalue weighted by Gasteiger charge is 2.28. The fourth-order valence-electron chi connectivity index (χ4n) is 4.24. The number of amides is 3. The Morgan fingerprint density at radius 3 is 2.66 bits per heavy atom. The lowest BCUT2D eigenvalue weighted by atomic mass is 9.96. The number of hydrogen-bond donors (Lipinski definition) is 2. The number of nitrogens with one attached hydrogen (secondary N) is 1. The molecule has 1 aromatic carbocycles. The number of benzene rings is 1. The van der Waals surface area contributed by atoms with Gasteiger partial charge in [-0.1, -0.05) is 0 Å². The highest BCUT2D eigenvalue weighted by atomic mass is 79.9. The van der Waals surface area contributed by atoms with E-state index in [1.54, 1.807) is 31.1 Å². The molecule has 9 nitrogen and oxygen atoms in total. The molecule has 2 heterocycles. The highest BCUT2D eigenvalue weighted by Crippen LogP contribution is 2.29. The zero-order valence-electron chi connectivity index (χ0n) is 19.1. The minimum absolute atomic E-state index is 0.0636. The molecule has 10 heteroatoms. The Hall–Kier alpha value is -2.04. The van der Waals surface area contributed by atoms with Crippen molar-refractivity contribution in [1.82, 2.24) is 20.0 Å². The largest absolute Gasteiger partial charge is 0.496 e. The van der Waals surface area contributed by atoms with Crippen molar-refractivity contribution in [2.45, 2.75) is 18.9 Å². The number of carbonyl (C=O) groups is 2. The van der Waals surface area contributed by atoms with Crippen molar-refractivity contribution in [3.63, 3.8) is 0 Å². The molecule has 2 saturated heterocycles. The molecule has 0 radical (unpaired) electrons. The van der Waals surface area contributed by atoms with Crippen LogP contribution < -0.4 is 15.8 Å².